The van der Waals surface area contributed by atoms with Crippen molar-refractivity contribution in [2.24, 2.45) is 5.92 Å². The quantitative estimate of drug-likeness (QED) is 0.800. The molecule has 6 heteroatoms. The first-order valence-electron chi connectivity index (χ1n) is 6.27. The average molecular weight is 307 g/mol. The largest absolute Gasteiger partial charge is 0.487 e. The molecule has 1 fully saturated rings. The highest BCUT2D eigenvalue weighted by atomic mass is 35.7. The van der Waals surface area contributed by atoms with E-state index in [9.17, 15) is 12.8 Å². The lowest BCUT2D eigenvalue weighted by Crippen LogP contribution is -2.23. The molecule has 0 spiro atoms. The van der Waals surface area contributed by atoms with E-state index < -0.39 is 14.9 Å². The summed E-state index contributed by atoms with van der Waals surface area (Å²) in [6.07, 6.45) is 3.94. The summed E-state index contributed by atoms with van der Waals surface area (Å²) in [4.78, 5) is -0.253. The van der Waals surface area contributed by atoms with Gasteiger partial charge in [0.1, 0.15) is 0 Å². The Kier molecular flexibility index (Phi) is 4.36. The molecular formula is C13H16ClFO3S. The van der Waals surface area contributed by atoms with Gasteiger partial charge in [-0.1, -0.05) is 6.92 Å². The molecule has 0 atom stereocenters. The highest BCUT2D eigenvalue weighted by molar-refractivity contribution is 8.13. The third kappa shape index (κ3) is 3.83. The zero-order valence-corrected chi connectivity index (χ0v) is 12.2. The maximum absolute atomic E-state index is 13.8. The summed E-state index contributed by atoms with van der Waals surface area (Å²) in [7, 11) is 1.25. The molecule has 106 valence electrons. The van der Waals surface area contributed by atoms with Gasteiger partial charge in [0.15, 0.2) is 11.6 Å². The zero-order chi connectivity index (χ0) is 14.0. The second kappa shape index (κ2) is 5.67. The summed E-state index contributed by atoms with van der Waals surface area (Å²) >= 11 is 0. The Morgan fingerprint density at radius 3 is 2.42 bits per heavy atom. The van der Waals surface area contributed by atoms with Crippen molar-refractivity contribution in [3.05, 3.63) is 24.0 Å². The molecule has 3 nitrogen and oxygen atoms in total. The van der Waals surface area contributed by atoms with Crippen LogP contribution in [0.5, 0.6) is 5.75 Å². The molecule has 0 heterocycles. The topological polar surface area (TPSA) is 43.4 Å². The van der Waals surface area contributed by atoms with Crippen LogP contribution in [0, 0.1) is 11.7 Å². The van der Waals surface area contributed by atoms with Crippen molar-refractivity contribution in [1.82, 2.24) is 0 Å². The standard InChI is InChI=1S/C13H16ClFO3S/c1-9-2-4-10(5-3-9)18-13-7-6-11(8-12(13)15)19(14,16)17/h6-10H,2-5H2,1H3. The number of halogens is 2. The third-order valence-electron chi connectivity index (χ3n) is 3.44. The Balaban J connectivity index is 2.09. The molecule has 0 radical (unpaired) electrons. The van der Waals surface area contributed by atoms with Gasteiger partial charge in [-0.05, 0) is 49.8 Å². The van der Waals surface area contributed by atoms with Gasteiger partial charge in [0, 0.05) is 10.7 Å². The minimum atomic E-state index is -3.91. The van der Waals surface area contributed by atoms with Gasteiger partial charge < -0.3 is 4.74 Å². The summed E-state index contributed by atoms with van der Waals surface area (Å²) < 4.78 is 41.5. The Bertz CT molecular complexity index is 551. The minimum absolute atomic E-state index is 0.00385. The van der Waals surface area contributed by atoms with Crippen molar-refractivity contribution in [3.63, 3.8) is 0 Å². The SMILES string of the molecule is CC1CCC(Oc2ccc(S(=O)(=O)Cl)cc2F)CC1. The van der Waals surface area contributed by atoms with E-state index in [4.69, 9.17) is 15.4 Å². The molecule has 0 aliphatic heterocycles. The summed E-state index contributed by atoms with van der Waals surface area (Å²) in [6.45, 7) is 2.19. The summed E-state index contributed by atoms with van der Waals surface area (Å²) in [5, 5.41) is 0. The fourth-order valence-corrected chi connectivity index (χ4v) is 3.02. The first kappa shape index (κ1) is 14.6. The van der Waals surface area contributed by atoms with Crippen molar-refractivity contribution in [2.45, 2.75) is 43.6 Å². The molecule has 1 aliphatic carbocycles. The first-order chi connectivity index (χ1) is 8.86. The van der Waals surface area contributed by atoms with Crippen LogP contribution in [0.25, 0.3) is 0 Å². The number of rotatable bonds is 3. The maximum atomic E-state index is 13.8. The van der Waals surface area contributed by atoms with Crippen LogP contribution >= 0.6 is 10.7 Å². The molecule has 0 amide bonds. The Labute approximate surface area is 117 Å². The molecule has 0 N–H and O–H groups in total. The van der Waals surface area contributed by atoms with E-state index in [-0.39, 0.29) is 16.7 Å². The van der Waals surface area contributed by atoms with Crippen LogP contribution in [0.2, 0.25) is 0 Å². The molecule has 0 unspecified atom stereocenters. The summed E-state index contributed by atoms with van der Waals surface area (Å²) in [6, 6.07) is 3.47. The van der Waals surface area contributed by atoms with Crippen LogP contribution < -0.4 is 4.74 Å². The Hall–Kier alpha value is -0.810. The van der Waals surface area contributed by atoms with Crippen LogP contribution in [-0.4, -0.2) is 14.5 Å². The molecule has 1 aromatic rings. The number of hydrogen-bond donors (Lipinski definition) is 0. The maximum Gasteiger partial charge on any atom is 0.261 e. The van der Waals surface area contributed by atoms with Gasteiger partial charge in [0.05, 0.1) is 11.0 Å². The Morgan fingerprint density at radius 1 is 1.26 bits per heavy atom. The molecule has 0 aromatic heterocycles. The van der Waals surface area contributed by atoms with Crippen LogP contribution in [-0.2, 0) is 9.05 Å². The van der Waals surface area contributed by atoms with Crippen molar-refractivity contribution in [2.75, 3.05) is 0 Å². The lowest BCUT2D eigenvalue weighted by molar-refractivity contribution is 0.130. The van der Waals surface area contributed by atoms with E-state index in [2.05, 4.69) is 6.92 Å². The van der Waals surface area contributed by atoms with Gasteiger partial charge in [0.25, 0.3) is 9.05 Å². The van der Waals surface area contributed by atoms with Crippen LogP contribution in [0.4, 0.5) is 4.39 Å². The molecular weight excluding hydrogens is 291 g/mol. The molecule has 0 saturated heterocycles. The predicted octanol–water partition coefficient (Wildman–Crippen LogP) is 3.71. The molecule has 1 aliphatic rings. The van der Waals surface area contributed by atoms with Gasteiger partial charge in [0.2, 0.25) is 0 Å². The van der Waals surface area contributed by atoms with E-state index in [1.807, 2.05) is 0 Å². The van der Waals surface area contributed by atoms with Crippen molar-refractivity contribution >= 4 is 19.7 Å². The normalized spacial score (nSPS) is 24.2. The summed E-state index contributed by atoms with van der Waals surface area (Å²) in [5.74, 6) is 0.0810. The van der Waals surface area contributed by atoms with Gasteiger partial charge in [-0.15, -0.1) is 0 Å². The lowest BCUT2D eigenvalue weighted by atomic mass is 9.89. The fourth-order valence-electron chi connectivity index (χ4n) is 2.26. The van der Waals surface area contributed by atoms with E-state index >= 15 is 0 Å². The van der Waals surface area contributed by atoms with E-state index in [1.165, 1.54) is 12.1 Å². The molecule has 0 bridgehead atoms. The lowest BCUT2D eigenvalue weighted by Gasteiger charge is -2.27. The fraction of sp³-hybridized carbons (Fsp3) is 0.538. The van der Waals surface area contributed by atoms with Gasteiger partial charge in [-0.25, -0.2) is 12.8 Å². The second-order valence-electron chi connectivity index (χ2n) is 5.03. The monoisotopic (exact) mass is 306 g/mol. The van der Waals surface area contributed by atoms with E-state index in [1.54, 1.807) is 0 Å². The van der Waals surface area contributed by atoms with E-state index in [0.29, 0.717) is 5.92 Å². The van der Waals surface area contributed by atoms with Gasteiger partial charge in [-0.2, -0.15) is 0 Å². The van der Waals surface area contributed by atoms with Crippen LogP contribution in [0.1, 0.15) is 32.6 Å². The predicted molar refractivity (Wildman–Crippen MR) is 71.5 cm³/mol. The van der Waals surface area contributed by atoms with E-state index in [0.717, 1.165) is 31.7 Å². The zero-order valence-electron chi connectivity index (χ0n) is 10.6. The third-order valence-corrected chi connectivity index (χ3v) is 4.79. The molecule has 19 heavy (non-hydrogen) atoms. The average Bonchev–Trinajstić information content (AvgIpc) is 2.33. The van der Waals surface area contributed by atoms with Crippen molar-refractivity contribution in [1.29, 1.82) is 0 Å². The summed E-state index contributed by atoms with van der Waals surface area (Å²) in [5.41, 5.74) is 0. The van der Waals surface area contributed by atoms with Crippen LogP contribution in [0.15, 0.2) is 23.1 Å². The number of hydrogen-bond acceptors (Lipinski definition) is 3. The van der Waals surface area contributed by atoms with Crippen molar-refractivity contribution in [3.8, 4) is 5.75 Å². The Morgan fingerprint density at radius 2 is 1.89 bits per heavy atom. The van der Waals surface area contributed by atoms with Gasteiger partial charge >= 0.3 is 0 Å². The molecule has 1 aromatic carbocycles. The van der Waals surface area contributed by atoms with Crippen molar-refractivity contribution < 1.29 is 17.5 Å². The highest BCUT2D eigenvalue weighted by Crippen LogP contribution is 2.29. The van der Waals surface area contributed by atoms with Gasteiger partial charge in [-0.3, -0.25) is 0 Å². The second-order valence-corrected chi connectivity index (χ2v) is 7.60. The first-order valence-corrected chi connectivity index (χ1v) is 8.58. The number of ether oxygens (including phenoxy) is 1. The van der Waals surface area contributed by atoms with Crippen LogP contribution in [0.3, 0.4) is 0 Å². The molecule has 1 saturated carbocycles. The smallest absolute Gasteiger partial charge is 0.261 e. The molecule has 2 rings (SSSR count). The minimum Gasteiger partial charge on any atom is -0.487 e. The highest BCUT2D eigenvalue weighted by Gasteiger charge is 2.21. The number of benzene rings is 1.